The largest absolute Gasteiger partial charge is 0.294 e. The van der Waals surface area contributed by atoms with Gasteiger partial charge in [0.15, 0.2) is 12.3 Å². The second kappa shape index (κ2) is 7.77. The molecule has 2 atom stereocenters. The van der Waals surface area contributed by atoms with E-state index in [9.17, 15) is 4.79 Å². The van der Waals surface area contributed by atoms with Gasteiger partial charge in [-0.1, -0.05) is 85.4 Å². The second-order valence-corrected chi connectivity index (χ2v) is 7.35. The average Bonchev–Trinajstić information content (AvgIpc) is 2.75. The van der Waals surface area contributed by atoms with Crippen molar-refractivity contribution in [2.24, 2.45) is 5.92 Å². The number of hydrogen-bond donors (Lipinski definition) is 0. The normalized spacial score (nSPS) is 19.5. The number of ketones is 1. The van der Waals surface area contributed by atoms with Crippen molar-refractivity contribution in [3.05, 3.63) is 120 Å². The Labute approximate surface area is 166 Å². The van der Waals surface area contributed by atoms with Crippen LogP contribution in [0.5, 0.6) is 0 Å². The summed E-state index contributed by atoms with van der Waals surface area (Å²) in [5, 5.41) is 0. The molecule has 3 aromatic carbocycles. The first-order valence-corrected chi connectivity index (χ1v) is 9.63. The Morgan fingerprint density at radius 3 is 2.00 bits per heavy atom. The fourth-order valence-corrected chi connectivity index (χ4v) is 4.27. The topological polar surface area (TPSA) is 20.1 Å². The average molecular weight is 366 g/mol. The quantitative estimate of drug-likeness (QED) is 0.471. The zero-order valence-corrected chi connectivity index (χ0v) is 16.1. The molecule has 28 heavy (non-hydrogen) atoms. The molecule has 0 radical (unpaired) electrons. The first-order chi connectivity index (χ1) is 13.7. The standard InChI is InChI=1S/C26H24NO/c1-19-24(20-12-6-3-7-13-20)23(26(28)22-16-10-5-11-17-22)18-27(2)25(19)21-14-8-4-9-15-21/h3-17,23-24H,1,18H2,2H3/q+1. The fourth-order valence-electron chi connectivity index (χ4n) is 4.27. The lowest BCUT2D eigenvalue weighted by molar-refractivity contribution is -0.505. The van der Waals surface area contributed by atoms with Crippen LogP contribution in [-0.4, -0.2) is 29.7 Å². The summed E-state index contributed by atoms with van der Waals surface area (Å²) >= 11 is 0. The van der Waals surface area contributed by atoms with Gasteiger partial charge in [-0.25, -0.2) is 4.58 Å². The van der Waals surface area contributed by atoms with Gasteiger partial charge < -0.3 is 0 Å². The molecule has 0 aliphatic carbocycles. The van der Waals surface area contributed by atoms with Crippen molar-refractivity contribution in [1.29, 1.82) is 0 Å². The molecule has 0 amide bonds. The zero-order chi connectivity index (χ0) is 19.5. The van der Waals surface area contributed by atoms with Crippen LogP contribution < -0.4 is 0 Å². The highest BCUT2D eigenvalue weighted by Gasteiger charge is 2.42. The van der Waals surface area contributed by atoms with E-state index in [2.05, 4.69) is 42.5 Å². The van der Waals surface area contributed by atoms with E-state index in [1.807, 2.05) is 66.7 Å². The van der Waals surface area contributed by atoms with E-state index in [4.69, 9.17) is 0 Å². The maximum Gasteiger partial charge on any atom is 0.210 e. The molecule has 2 heteroatoms. The Morgan fingerprint density at radius 2 is 1.39 bits per heavy atom. The van der Waals surface area contributed by atoms with Gasteiger partial charge in [0.05, 0.1) is 5.92 Å². The van der Waals surface area contributed by atoms with E-state index in [1.165, 1.54) is 0 Å². The molecule has 0 bridgehead atoms. The molecule has 1 aliphatic rings. The maximum absolute atomic E-state index is 13.4. The van der Waals surface area contributed by atoms with E-state index in [1.54, 1.807) is 0 Å². The highest BCUT2D eigenvalue weighted by Crippen LogP contribution is 2.38. The number of rotatable bonds is 4. The SMILES string of the molecule is C=C1C(c2ccccc2)=[N+](C)CC(C(=O)c2ccccc2)C1c1ccccc1. The number of Topliss-reactive ketones (excluding diaryl/α,β-unsaturated/α-hetero) is 1. The smallest absolute Gasteiger partial charge is 0.210 e. The molecule has 0 saturated carbocycles. The van der Waals surface area contributed by atoms with Gasteiger partial charge in [-0.05, 0) is 17.7 Å². The first kappa shape index (κ1) is 18.1. The van der Waals surface area contributed by atoms with Gasteiger partial charge in [0.25, 0.3) is 0 Å². The molecule has 4 rings (SSSR count). The van der Waals surface area contributed by atoms with Crippen LogP contribution in [0, 0.1) is 5.92 Å². The lowest BCUT2D eigenvalue weighted by atomic mass is 9.73. The molecule has 2 unspecified atom stereocenters. The highest BCUT2D eigenvalue weighted by atomic mass is 16.1. The van der Waals surface area contributed by atoms with Crippen LogP contribution in [0.3, 0.4) is 0 Å². The molecule has 1 heterocycles. The van der Waals surface area contributed by atoms with Crippen LogP contribution in [0.1, 0.15) is 27.4 Å². The van der Waals surface area contributed by atoms with Crippen molar-refractivity contribution in [3.8, 4) is 0 Å². The minimum absolute atomic E-state index is 0.0414. The summed E-state index contributed by atoms with van der Waals surface area (Å²) < 4.78 is 2.18. The van der Waals surface area contributed by atoms with E-state index in [0.29, 0.717) is 6.54 Å². The molecule has 2 nitrogen and oxygen atoms in total. The van der Waals surface area contributed by atoms with Crippen molar-refractivity contribution >= 4 is 11.5 Å². The summed E-state index contributed by atoms with van der Waals surface area (Å²) in [5.74, 6) is -0.0374. The minimum atomic E-state index is -0.172. The van der Waals surface area contributed by atoms with Gasteiger partial charge in [0, 0.05) is 22.6 Å². The van der Waals surface area contributed by atoms with Gasteiger partial charge in [0.2, 0.25) is 5.71 Å². The van der Waals surface area contributed by atoms with Crippen molar-refractivity contribution in [2.75, 3.05) is 13.6 Å². The van der Waals surface area contributed by atoms with Crippen LogP contribution in [0.25, 0.3) is 0 Å². The van der Waals surface area contributed by atoms with Crippen LogP contribution in [0.15, 0.2) is 103 Å². The molecule has 0 aromatic heterocycles. The van der Waals surface area contributed by atoms with Gasteiger partial charge >= 0.3 is 0 Å². The predicted octanol–water partition coefficient (Wildman–Crippen LogP) is 4.97. The molecular formula is C26H24NO+. The third kappa shape index (κ3) is 3.34. The summed E-state index contributed by atoms with van der Waals surface area (Å²) in [6.07, 6.45) is 0. The maximum atomic E-state index is 13.4. The molecule has 3 aromatic rings. The molecule has 0 saturated heterocycles. The zero-order valence-electron chi connectivity index (χ0n) is 16.1. The van der Waals surface area contributed by atoms with Crippen LogP contribution in [0.4, 0.5) is 0 Å². The second-order valence-electron chi connectivity index (χ2n) is 7.35. The molecular weight excluding hydrogens is 342 g/mol. The predicted molar refractivity (Wildman–Crippen MR) is 114 cm³/mol. The molecule has 138 valence electrons. The minimum Gasteiger partial charge on any atom is -0.294 e. The van der Waals surface area contributed by atoms with Crippen molar-refractivity contribution in [3.63, 3.8) is 0 Å². The van der Waals surface area contributed by atoms with Crippen LogP contribution >= 0.6 is 0 Å². The Morgan fingerprint density at radius 1 is 0.857 bits per heavy atom. The Balaban J connectivity index is 1.83. The van der Waals surface area contributed by atoms with Gasteiger partial charge in [-0.3, -0.25) is 4.79 Å². The number of nitrogens with zero attached hydrogens (tertiary/aromatic N) is 1. The van der Waals surface area contributed by atoms with E-state index < -0.39 is 0 Å². The van der Waals surface area contributed by atoms with Crippen molar-refractivity contribution in [1.82, 2.24) is 0 Å². The Kier molecular flexibility index (Phi) is 5.03. The fraction of sp³-hybridized carbons (Fsp3) is 0.154. The highest BCUT2D eigenvalue weighted by molar-refractivity contribution is 6.11. The molecule has 0 fully saturated rings. The number of allylic oxidation sites excluding steroid dienone is 1. The van der Waals surface area contributed by atoms with Crippen molar-refractivity contribution < 1.29 is 9.37 Å². The molecule has 1 aliphatic heterocycles. The lowest BCUT2D eigenvalue weighted by Gasteiger charge is -2.31. The van der Waals surface area contributed by atoms with E-state index in [-0.39, 0.29) is 17.6 Å². The third-order valence-electron chi connectivity index (χ3n) is 5.54. The van der Waals surface area contributed by atoms with Crippen LogP contribution in [-0.2, 0) is 0 Å². The van der Waals surface area contributed by atoms with Gasteiger partial charge in [-0.15, -0.1) is 0 Å². The van der Waals surface area contributed by atoms with Gasteiger partial charge in [-0.2, -0.15) is 0 Å². The lowest BCUT2D eigenvalue weighted by Crippen LogP contribution is -2.41. The molecule has 0 spiro atoms. The van der Waals surface area contributed by atoms with Crippen LogP contribution in [0.2, 0.25) is 0 Å². The Hall–Kier alpha value is -3.26. The number of hydrogen-bond acceptors (Lipinski definition) is 1. The number of benzene rings is 3. The summed E-state index contributed by atoms with van der Waals surface area (Å²) in [5.41, 5.74) is 5.16. The monoisotopic (exact) mass is 366 g/mol. The van der Waals surface area contributed by atoms with Gasteiger partial charge in [0.1, 0.15) is 7.05 Å². The number of carbonyl (C=O) groups is 1. The van der Waals surface area contributed by atoms with E-state index >= 15 is 0 Å². The van der Waals surface area contributed by atoms with Crippen molar-refractivity contribution in [2.45, 2.75) is 5.92 Å². The summed E-state index contributed by atoms with van der Waals surface area (Å²) in [4.78, 5) is 13.4. The third-order valence-corrected chi connectivity index (χ3v) is 5.54. The van der Waals surface area contributed by atoms with E-state index in [0.717, 1.165) is 28.0 Å². The summed E-state index contributed by atoms with van der Waals surface area (Å²) in [6.45, 7) is 5.14. The number of carbonyl (C=O) groups excluding carboxylic acids is 1. The Bertz CT molecular complexity index is 1020. The summed E-state index contributed by atoms with van der Waals surface area (Å²) in [6, 6.07) is 30.2. The summed E-state index contributed by atoms with van der Waals surface area (Å²) in [7, 11) is 2.06. The molecule has 0 N–H and O–H groups in total. The first-order valence-electron chi connectivity index (χ1n) is 9.63.